The summed E-state index contributed by atoms with van der Waals surface area (Å²) in [6.45, 7) is 6.26. The van der Waals surface area contributed by atoms with E-state index >= 15 is 0 Å². The van der Waals surface area contributed by atoms with Crippen LogP contribution in [0.2, 0.25) is 0 Å². The van der Waals surface area contributed by atoms with Crippen molar-refractivity contribution in [2.24, 2.45) is 11.8 Å². The summed E-state index contributed by atoms with van der Waals surface area (Å²) in [5.74, 6) is 1.45. The molecule has 2 aromatic rings. The number of benzene rings is 1. The van der Waals surface area contributed by atoms with E-state index in [9.17, 15) is 0 Å². The fraction of sp³-hybridized carbons (Fsp3) is 0.421. The van der Waals surface area contributed by atoms with Crippen molar-refractivity contribution in [1.29, 1.82) is 0 Å². The number of hydrogen-bond acceptors (Lipinski definition) is 2. The third-order valence-electron chi connectivity index (χ3n) is 4.74. The maximum Gasteiger partial charge on any atom is 0.0704 e. The zero-order valence-corrected chi connectivity index (χ0v) is 15.0. The minimum Gasteiger partial charge on any atom is -0.316 e. The molecule has 1 aliphatic heterocycles. The number of hydrogen-bond donors (Lipinski definition) is 1. The average Bonchev–Trinajstić information content (AvgIpc) is 2.55. The molecule has 0 aliphatic carbocycles. The molecular formula is C19H26Cl2N2. The predicted octanol–water partition coefficient (Wildman–Crippen LogP) is 4.81. The van der Waals surface area contributed by atoms with Crippen LogP contribution in [0.1, 0.15) is 24.8 Å². The van der Waals surface area contributed by atoms with Crippen LogP contribution in [0.5, 0.6) is 0 Å². The maximum atomic E-state index is 4.44. The van der Waals surface area contributed by atoms with Gasteiger partial charge in [-0.1, -0.05) is 24.3 Å². The number of fused-ring (bicyclic) bond motifs is 1. The van der Waals surface area contributed by atoms with E-state index in [1.165, 1.54) is 30.2 Å². The minimum atomic E-state index is 0. The van der Waals surface area contributed by atoms with Gasteiger partial charge in [0.25, 0.3) is 0 Å². The first-order valence-electron chi connectivity index (χ1n) is 8.04. The van der Waals surface area contributed by atoms with E-state index in [0.29, 0.717) is 5.92 Å². The lowest BCUT2D eigenvalue weighted by atomic mass is 9.82. The summed E-state index contributed by atoms with van der Waals surface area (Å²) in [7, 11) is 0. The Morgan fingerprint density at radius 2 is 2.04 bits per heavy atom. The molecule has 3 rings (SSSR count). The summed E-state index contributed by atoms with van der Waals surface area (Å²) in [6, 6.07) is 10.6. The van der Waals surface area contributed by atoms with Crippen molar-refractivity contribution in [3.8, 4) is 0 Å². The third kappa shape index (κ3) is 4.94. The molecule has 4 heteroatoms. The number of aromatic nitrogens is 1. The van der Waals surface area contributed by atoms with Crippen molar-refractivity contribution < 1.29 is 0 Å². The molecule has 2 heterocycles. The average molecular weight is 353 g/mol. The van der Waals surface area contributed by atoms with Crippen LogP contribution in [-0.2, 0) is 6.42 Å². The van der Waals surface area contributed by atoms with Gasteiger partial charge in [0, 0.05) is 18.1 Å². The van der Waals surface area contributed by atoms with Crippen molar-refractivity contribution in [1.82, 2.24) is 10.3 Å². The van der Waals surface area contributed by atoms with Crippen LogP contribution < -0.4 is 5.32 Å². The Morgan fingerprint density at radius 1 is 1.22 bits per heavy atom. The highest BCUT2D eigenvalue weighted by molar-refractivity contribution is 5.85. The Bertz CT molecular complexity index is 610. The molecule has 0 bridgehead atoms. The predicted molar refractivity (Wildman–Crippen MR) is 104 cm³/mol. The second-order valence-electron chi connectivity index (χ2n) is 6.03. The van der Waals surface area contributed by atoms with Crippen molar-refractivity contribution in [2.75, 3.05) is 13.1 Å². The van der Waals surface area contributed by atoms with E-state index in [2.05, 4.69) is 53.3 Å². The molecule has 0 amide bonds. The monoisotopic (exact) mass is 352 g/mol. The van der Waals surface area contributed by atoms with Gasteiger partial charge in [0.2, 0.25) is 0 Å². The molecule has 0 saturated carbocycles. The lowest BCUT2D eigenvalue weighted by Crippen LogP contribution is -2.35. The van der Waals surface area contributed by atoms with E-state index in [4.69, 9.17) is 0 Å². The van der Waals surface area contributed by atoms with Gasteiger partial charge in [0.05, 0.1) is 5.52 Å². The van der Waals surface area contributed by atoms with E-state index < -0.39 is 0 Å². The number of aryl methyl sites for hydroxylation is 1. The highest BCUT2D eigenvalue weighted by atomic mass is 35.5. The van der Waals surface area contributed by atoms with Crippen LogP contribution in [0.3, 0.4) is 0 Å². The van der Waals surface area contributed by atoms with Crippen LogP contribution in [0, 0.1) is 11.8 Å². The molecule has 2 unspecified atom stereocenters. The van der Waals surface area contributed by atoms with Gasteiger partial charge in [-0.3, -0.25) is 4.98 Å². The molecular weight excluding hydrogens is 327 g/mol. The summed E-state index contributed by atoms with van der Waals surface area (Å²) >= 11 is 0. The van der Waals surface area contributed by atoms with Gasteiger partial charge in [-0.25, -0.2) is 0 Å². The van der Waals surface area contributed by atoms with E-state index in [1.807, 2.05) is 6.20 Å². The number of pyridine rings is 1. The second kappa shape index (κ2) is 9.92. The maximum absolute atomic E-state index is 4.44. The van der Waals surface area contributed by atoms with Crippen LogP contribution in [0.25, 0.3) is 10.9 Å². The quantitative estimate of drug-likeness (QED) is 0.780. The third-order valence-corrected chi connectivity index (χ3v) is 4.74. The van der Waals surface area contributed by atoms with Crippen LogP contribution in [0.15, 0.2) is 49.2 Å². The molecule has 126 valence electrons. The molecule has 2 nitrogen and oxygen atoms in total. The number of rotatable bonds is 5. The van der Waals surface area contributed by atoms with Crippen LogP contribution >= 0.6 is 24.8 Å². The van der Waals surface area contributed by atoms with Crippen molar-refractivity contribution in [3.05, 3.63) is 54.7 Å². The molecule has 23 heavy (non-hydrogen) atoms. The number of para-hydroxylation sites is 1. The highest BCUT2D eigenvalue weighted by Gasteiger charge is 2.21. The van der Waals surface area contributed by atoms with E-state index in [0.717, 1.165) is 30.9 Å². The van der Waals surface area contributed by atoms with E-state index in [-0.39, 0.29) is 24.8 Å². The van der Waals surface area contributed by atoms with Gasteiger partial charge in [0.1, 0.15) is 0 Å². The number of piperidine rings is 1. The Balaban J connectivity index is 0.00000132. The van der Waals surface area contributed by atoms with Gasteiger partial charge in [0.15, 0.2) is 0 Å². The highest BCUT2D eigenvalue weighted by Crippen LogP contribution is 2.26. The molecule has 1 N–H and O–H groups in total. The lowest BCUT2D eigenvalue weighted by Gasteiger charge is -2.30. The van der Waals surface area contributed by atoms with Gasteiger partial charge < -0.3 is 5.32 Å². The molecule has 1 fully saturated rings. The SMILES string of the molecule is C=CC1CNCCC1CCCc1ccnc2ccccc12.Cl.Cl. The first-order valence-corrected chi connectivity index (χ1v) is 8.04. The summed E-state index contributed by atoms with van der Waals surface area (Å²) in [5, 5.41) is 4.78. The number of halogens is 2. The van der Waals surface area contributed by atoms with Gasteiger partial charge in [-0.05, 0) is 61.8 Å². The molecule has 0 spiro atoms. The summed E-state index contributed by atoms with van der Waals surface area (Å²) in [6.07, 6.45) is 9.07. The fourth-order valence-corrected chi connectivity index (χ4v) is 3.50. The second-order valence-corrected chi connectivity index (χ2v) is 6.03. The molecule has 1 aromatic carbocycles. The van der Waals surface area contributed by atoms with Crippen molar-refractivity contribution >= 4 is 35.7 Å². The number of nitrogens with zero attached hydrogens (tertiary/aromatic N) is 1. The first kappa shape index (κ1) is 20.0. The smallest absolute Gasteiger partial charge is 0.0704 e. The van der Waals surface area contributed by atoms with Gasteiger partial charge >= 0.3 is 0 Å². The Labute approximate surface area is 151 Å². The lowest BCUT2D eigenvalue weighted by molar-refractivity contribution is 0.280. The van der Waals surface area contributed by atoms with Crippen LogP contribution in [0.4, 0.5) is 0 Å². The standard InChI is InChI=1S/C19H24N2.2ClH/c1-2-15-14-20-12-10-16(15)6-5-7-17-11-13-21-19-9-4-3-8-18(17)19;;/h2-4,8-9,11,13,15-16,20H,1,5-7,10,12,14H2;2*1H. The molecule has 1 aliphatic rings. The summed E-state index contributed by atoms with van der Waals surface area (Å²) in [4.78, 5) is 4.44. The Kier molecular flexibility index (Phi) is 8.60. The summed E-state index contributed by atoms with van der Waals surface area (Å²) in [5.41, 5.74) is 2.55. The fourth-order valence-electron chi connectivity index (χ4n) is 3.50. The van der Waals surface area contributed by atoms with Crippen molar-refractivity contribution in [2.45, 2.75) is 25.7 Å². The first-order chi connectivity index (χ1) is 10.4. The van der Waals surface area contributed by atoms with Gasteiger partial charge in [-0.2, -0.15) is 0 Å². The van der Waals surface area contributed by atoms with Crippen LogP contribution in [-0.4, -0.2) is 18.1 Å². The Hall–Kier alpha value is -1.09. The zero-order chi connectivity index (χ0) is 14.5. The van der Waals surface area contributed by atoms with Gasteiger partial charge in [-0.15, -0.1) is 31.4 Å². The molecule has 1 aromatic heterocycles. The summed E-state index contributed by atoms with van der Waals surface area (Å²) < 4.78 is 0. The zero-order valence-electron chi connectivity index (χ0n) is 13.4. The molecule has 0 radical (unpaired) electrons. The van der Waals surface area contributed by atoms with E-state index in [1.54, 1.807) is 0 Å². The molecule has 1 saturated heterocycles. The largest absolute Gasteiger partial charge is 0.316 e. The topological polar surface area (TPSA) is 24.9 Å². The normalized spacial score (nSPS) is 20.3. The Morgan fingerprint density at radius 3 is 2.87 bits per heavy atom. The number of nitrogens with one attached hydrogen (secondary N) is 1. The molecule has 2 atom stereocenters. The van der Waals surface area contributed by atoms with Crippen molar-refractivity contribution in [3.63, 3.8) is 0 Å². The minimum absolute atomic E-state index is 0.